The van der Waals surface area contributed by atoms with Gasteiger partial charge in [0, 0.05) is 5.38 Å². The van der Waals surface area contributed by atoms with Crippen LogP contribution in [0, 0.1) is 0 Å². The average Bonchev–Trinajstić information content (AvgIpc) is 2.94. The molecule has 0 aliphatic heterocycles. The number of anilines is 1. The summed E-state index contributed by atoms with van der Waals surface area (Å²) in [6.07, 6.45) is 3.69. The lowest BCUT2D eigenvalue weighted by Gasteiger charge is -2.26. The van der Waals surface area contributed by atoms with Crippen LogP contribution in [0.2, 0.25) is 0 Å². The van der Waals surface area contributed by atoms with Crippen molar-refractivity contribution in [1.82, 2.24) is 4.98 Å². The van der Waals surface area contributed by atoms with Crippen molar-refractivity contribution < 1.29 is 9.53 Å². The number of carbonyl (C=O) groups is 1. The number of rotatable bonds is 4. The number of ether oxygens (including phenoxy) is 1. The van der Waals surface area contributed by atoms with Crippen molar-refractivity contribution in [3.63, 3.8) is 0 Å². The van der Waals surface area contributed by atoms with E-state index in [0.29, 0.717) is 6.04 Å². The van der Waals surface area contributed by atoms with Gasteiger partial charge in [0.2, 0.25) is 0 Å². The summed E-state index contributed by atoms with van der Waals surface area (Å²) in [5, 5.41) is 6.29. The number of esters is 1. The smallest absolute Gasteiger partial charge is 0.311 e. The van der Waals surface area contributed by atoms with Crippen molar-refractivity contribution in [2.75, 3.05) is 12.4 Å². The largest absolute Gasteiger partial charge is 0.469 e. The molecule has 2 aromatic rings. The van der Waals surface area contributed by atoms with E-state index in [2.05, 4.69) is 39.3 Å². The molecule has 21 heavy (non-hydrogen) atoms. The van der Waals surface area contributed by atoms with E-state index in [-0.39, 0.29) is 12.4 Å². The first-order valence-corrected chi connectivity index (χ1v) is 8.00. The van der Waals surface area contributed by atoms with Crippen LogP contribution in [0.3, 0.4) is 0 Å². The lowest BCUT2D eigenvalue weighted by atomic mass is 9.88. The summed E-state index contributed by atoms with van der Waals surface area (Å²) < 4.78 is 4.67. The molecule has 0 fully saturated rings. The van der Waals surface area contributed by atoms with Gasteiger partial charge in [-0.3, -0.25) is 4.79 Å². The molecule has 110 valence electrons. The molecule has 4 nitrogen and oxygen atoms in total. The second-order valence-corrected chi connectivity index (χ2v) is 6.04. The quantitative estimate of drug-likeness (QED) is 0.880. The Bertz CT molecular complexity index is 639. The maximum atomic E-state index is 11.3. The van der Waals surface area contributed by atoms with Crippen LogP contribution in [-0.2, 0) is 22.4 Å². The molecule has 0 bridgehead atoms. The Morgan fingerprint density at radius 1 is 1.48 bits per heavy atom. The van der Waals surface area contributed by atoms with E-state index in [1.807, 2.05) is 5.38 Å². The van der Waals surface area contributed by atoms with E-state index >= 15 is 0 Å². The Morgan fingerprint density at radius 3 is 3.19 bits per heavy atom. The zero-order valence-corrected chi connectivity index (χ0v) is 12.8. The average molecular weight is 302 g/mol. The molecule has 1 heterocycles. The molecule has 5 heteroatoms. The van der Waals surface area contributed by atoms with Crippen molar-refractivity contribution in [3.05, 3.63) is 46.5 Å². The fourth-order valence-corrected chi connectivity index (χ4v) is 3.49. The number of aryl methyl sites for hydroxylation is 1. The monoisotopic (exact) mass is 302 g/mol. The highest BCUT2D eigenvalue weighted by molar-refractivity contribution is 7.13. The first kappa shape index (κ1) is 14.1. The van der Waals surface area contributed by atoms with Gasteiger partial charge in [-0.1, -0.05) is 24.3 Å². The summed E-state index contributed by atoms with van der Waals surface area (Å²) in [7, 11) is 1.40. The first-order chi connectivity index (χ1) is 10.3. The molecule has 0 saturated carbocycles. The highest BCUT2D eigenvalue weighted by Crippen LogP contribution is 2.33. The summed E-state index contributed by atoms with van der Waals surface area (Å²) in [5.41, 5.74) is 3.56. The van der Waals surface area contributed by atoms with E-state index in [4.69, 9.17) is 0 Å². The number of hydrogen-bond donors (Lipinski definition) is 1. The number of nitrogens with zero attached hydrogens (tertiary/aromatic N) is 1. The minimum Gasteiger partial charge on any atom is -0.469 e. The van der Waals surface area contributed by atoms with Gasteiger partial charge in [-0.15, -0.1) is 11.3 Å². The van der Waals surface area contributed by atoms with Gasteiger partial charge in [-0.05, 0) is 30.4 Å². The summed E-state index contributed by atoms with van der Waals surface area (Å²) in [6.45, 7) is 0. The number of carbonyl (C=O) groups excluding carboxylic acids is 1. The van der Waals surface area contributed by atoms with Crippen LogP contribution in [0.5, 0.6) is 0 Å². The molecule has 1 aromatic heterocycles. The van der Waals surface area contributed by atoms with Gasteiger partial charge in [0.05, 0.1) is 25.3 Å². The molecule has 0 spiro atoms. The molecule has 0 saturated heterocycles. The van der Waals surface area contributed by atoms with Crippen LogP contribution in [0.15, 0.2) is 29.6 Å². The standard InChI is InChI=1S/C16H18N2O2S/c1-20-15(19)9-12-10-21-16(17-12)18-14-8-4-6-11-5-2-3-7-13(11)14/h2-3,5,7,10,14H,4,6,8-9H2,1H3,(H,17,18). The maximum absolute atomic E-state index is 11.3. The third-order valence-electron chi connectivity index (χ3n) is 3.77. The summed E-state index contributed by atoms with van der Waals surface area (Å²) in [5.74, 6) is -0.255. The Balaban J connectivity index is 1.72. The van der Waals surface area contributed by atoms with Crippen LogP contribution >= 0.6 is 11.3 Å². The van der Waals surface area contributed by atoms with Crippen LogP contribution in [0.25, 0.3) is 0 Å². The third kappa shape index (κ3) is 3.24. The Hall–Kier alpha value is -1.88. The number of benzene rings is 1. The van der Waals surface area contributed by atoms with Gasteiger partial charge in [-0.25, -0.2) is 4.98 Å². The topological polar surface area (TPSA) is 51.2 Å². The molecule has 1 aromatic carbocycles. The molecule has 1 aliphatic carbocycles. The van der Waals surface area contributed by atoms with E-state index in [1.165, 1.54) is 24.7 Å². The molecular weight excluding hydrogens is 284 g/mol. The van der Waals surface area contributed by atoms with E-state index in [1.54, 1.807) is 11.3 Å². The predicted octanol–water partition coefficient (Wildman–Crippen LogP) is 3.35. The number of fused-ring (bicyclic) bond motifs is 1. The van der Waals surface area contributed by atoms with E-state index < -0.39 is 0 Å². The minimum atomic E-state index is -0.255. The van der Waals surface area contributed by atoms with Crippen molar-refractivity contribution in [2.24, 2.45) is 0 Å². The number of thiazole rings is 1. The summed E-state index contributed by atoms with van der Waals surface area (Å²) in [4.78, 5) is 15.7. The fourth-order valence-electron chi connectivity index (χ4n) is 2.73. The van der Waals surface area contributed by atoms with Crippen LogP contribution in [-0.4, -0.2) is 18.1 Å². The normalized spacial score (nSPS) is 17.1. The number of methoxy groups -OCH3 is 1. The van der Waals surface area contributed by atoms with E-state index in [0.717, 1.165) is 23.7 Å². The molecule has 1 N–H and O–H groups in total. The number of aromatic nitrogens is 1. The van der Waals surface area contributed by atoms with Gasteiger partial charge in [0.15, 0.2) is 5.13 Å². The van der Waals surface area contributed by atoms with Crippen molar-refractivity contribution in [3.8, 4) is 0 Å². The van der Waals surface area contributed by atoms with Crippen LogP contribution in [0.1, 0.15) is 35.7 Å². The van der Waals surface area contributed by atoms with Crippen LogP contribution in [0.4, 0.5) is 5.13 Å². The lowest BCUT2D eigenvalue weighted by molar-refractivity contribution is -0.139. The van der Waals surface area contributed by atoms with Gasteiger partial charge in [0.25, 0.3) is 0 Å². The molecule has 3 rings (SSSR count). The molecule has 0 radical (unpaired) electrons. The molecule has 1 aliphatic rings. The summed E-state index contributed by atoms with van der Waals surface area (Å²) in [6, 6.07) is 8.89. The molecular formula is C16H18N2O2S. The number of nitrogens with one attached hydrogen (secondary N) is 1. The maximum Gasteiger partial charge on any atom is 0.311 e. The Kier molecular flexibility index (Phi) is 4.20. The second-order valence-electron chi connectivity index (χ2n) is 5.18. The van der Waals surface area contributed by atoms with Gasteiger partial charge in [-0.2, -0.15) is 0 Å². The second kappa shape index (κ2) is 6.26. The highest BCUT2D eigenvalue weighted by atomic mass is 32.1. The van der Waals surface area contributed by atoms with Gasteiger partial charge >= 0.3 is 5.97 Å². The van der Waals surface area contributed by atoms with Crippen molar-refractivity contribution in [1.29, 1.82) is 0 Å². The zero-order valence-electron chi connectivity index (χ0n) is 12.0. The SMILES string of the molecule is COC(=O)Cc1csc(NC2CCCc3ccccc32)n1. The first-order valence-electron chi connectivity index (χ1n) is 7.12. The molecule has 1 atom stereocenters. The van der Waals surface area contributed by atoms with Crippen molar-refractivity contribution in [2.45, 2.75) is 31.7 Å². The third-order valence-corrected chi connectivity index (χ3v) is 4.59. The van der Waals surface area contributed by atoms with Gasteiger partial charge in [0.1, 0.15) is 0 Å². The lowest BCUT2D eigenvalue weighted by Crippen LogP contribution is -2.17. The number of hydrogen-bond acceptors (Lipinski definition) is 5. The Morgan fingerprint density at radius 2 is 2.33 bits per heavy atom. The highest BCUT2D eigenvalue weighted by Gasteiger charge is 2.20. The predicted molar refractivity (Wildman–Crippen MR) is 83.6 cm³/mol. The summed E-state index contributed by atoms with van der Waals surface area (Å²) >= 11 is 1.54. The fraction of sp³-hybridized carbons (Fsp3) is 0.375. The zero-order chi connectivity index (χ0) is 14.7. The van der Waals surface area contributed by atoms with E-state index in [9.17, 15) is 4.79 Å². The van der Waals surface area contributed by atoms with Gasteiger partial charge < -0.3 is 10.1 Å². The Labute approximate surface area is 128 Å². The van der Waals surface area contributed by atoms with Crippen LogP contribution < -0.4 is 5.32 Å². The minimum absolute atomic E-state index is 0.232. The molecule has 1 unspecified atom stereocenters. The molecule has 0 amide bonds. The van der Waals surface area contributed by atoms with Crippen molar-refractivity contribution >= 4 is 22.4 Å².